The predicted molar refractivity (Wildman–Crippen MR) is 63.8 cm³/mol. The maximum Gasteiger partial charge on any atom is 0.195 e. The Morgan fingerprint density at radius 2 is 1.71 bits per heavy atom. The van der Waals surface area contributed by atoms with Crippen LogP contribution in [0.15, 0.2) is 4.99 Å². The van der Waals surface area contributed by atoms with Crippen molar-refractivity contribution in [1.82, 2.24) is 9.80 Å². The first-order chi connectivity index (χ1) is 6.63. The molecule has 0 rings (SSSR count). The Morgan fingerprint density at radius 3 is 2.14 bits per heavy atom. The molecule has 0 amide bonds. The molecule has 0 aromatic rings. The van der Waals surface area contributed by atoms with Crippen molar-refractivity contribution in [3.05, 3.63) is 0 Å². The quantitative estimate of drug-likeness (QED) is 0.383. The fourth-order valence-corrected chi connectivity index (χ4v) is 1.59. The third-order valence-corrected chi connectivity index (χ3v) is 2.29. The van der Waals surface area contributed by atoms with Crippen LogP contribution in [0.5, 0.6) is 0 Å². The number of guanidine groups is 1. The van der Waals surface area contributed by atoms with Gasteiger partial charge in [-0.05, 0) is 6.42 Å². The Hall–Kier alpha value is -0.730. The van der Waals surface area contributed by atoms with E-state index in [1.165, 1.54) is 25.7 Å². The average Bonchev–Trinajstić information content (AvgIpc) is 2.13. The molecule has 0 aromatic carbocycles. The van der Waals surface area contributed by atoms with Gasteiger partial charge in [0.15, 0.2) is 5.96 Å². The molecule has 3 nitrogen and oxygen atoms in total. The van der Waals surface area contributed by atoms with E-state index < -0.39 is 0 Å². The summed E-state index contributed by atoms with van der Waals surface area (Å²) in [7, 11) is 8.02. The monoisotopic (exact) mass is 199 g/mol. The molecule has 0 aliphatic heterocycles. The van der Waals surface area contributed by atoms with E-state index in [-0.39, 0.29) is 0 Å². The summed E-state index contributed by atoms with van der Waals surface area (Å²) in [6.45, 7) is 3.34. The molecule has 14 heavy (non-hydrogen) atoms. The molecule has 0 N–H and O–H groups in total. The SMILES string of the molecule is CCCCCCN(C)C(=NC)N(C)C. The Kier molecular flexibility index (Phi) is 7.25. The molecule has 0 fully saturated rings. The van der Waals surface area contributed by atoms with Crippen molar-refractivity contribution in [2.75, 3.05) is 34.7 Å². The molecule has 0 unspecified atom stereocenters. The van der Waals surface area contributed by atoms with Crippen molar-refractivity contribution < 1.29 is 0 Å². The van der Waals surface area contributed by atoms with E-state index in [4.69, 9.17) is 0 Å². The van der Waals surface area contributed by atoms with Crippen LogP contribution >= 0.6 is 0 Å². The second kappa shape index (κ2) is 7.65. The molecule has 0 radical (unpaired) electrons. The van der Waals surface area contributed by atoms with Gasteiger partial charge in [-0.2, -0.15) is 0 Å². The highest BCUT2D eigenvalue weighted by Gasteiger charge is 2.06. The van der Waals surface area contributed by atoms with Crippen LogP contribution in [0.2, 0.25) is 0 Å². The first kappa shape index (κ1) is 13.3. The lowest BCUT2D eigenvalue weighted by Gasteiger charge is -2.26. The highest BCUT2D eigenvalue weighted by molar-refractivity contribution is 5.79. The molecule has 0 spiro atoms. The second-order valence-corrected chi connectivity index (χ2v) is 3.90. The minimum Gasteiger partial charge on any atom is -0.349 e. The van der Waals surface area contributed by atoms with Crippen LogP contribution in [0, 0.1) is 0 Å². The molecule has 0 aromatic heterocycles. The summed E-state index contributed by atoms with van der Waals surface area (Å²) in [5.41, 5.74) is 0. The van der Waals surface area contributed by atoms with E-state index in [0.29, 0.717) is 0 Å². The maximum atomic E-state index is 4.25. The van der Waals surface area contributed by atoms with Crippen molar-refractivity contribution in [2.24, 2.45) is 4.99 Å². The zero-order valence-corrected chi connectivity index (χ0v) is 10.4. The smallest absolute Gasteiger partial charge is 0.195 e. The summed E-state index contributed by atoms with van der Waals surface area (Å²) in [5, 5.41) is 0. The summed E-state index contributed by atoms with van der Waals surface area (Å²) < 4.78 is 0. The summed E-state index contributed by atoms with van der Waals surface area (Å²) in [6.07, 6.45) is 5.23. The lowest BCUT2D eigenvalue weighted by atomic mass is 10.2. The standard InChI is InChI=1S/C11H25N3/c1-6-7-8-9-10-14(5)11(12-2)13(3)4/h6-10H2,1-5H3. The zero-order valence-electron chi connectivity index (χ0n) is 10.4. The van der Waals surface area contributed by atoms with Crippen LogP contribution in [0.25, 0.3) is 0 Å². The minimum absolute atomic E-state index is 1.06. The van der Waals surface area contributed by atoms with Crippen LogP contribution in [-0.4, -0.2) is 50.5 Å². The van der Waals surface area contributed by atoms with Gasteiger partial charge in [0.05, 0.1) is 0 Å². The molecule has 0 saturated carbocycles. The highest BCUT2D eigenvalue weighted by atomic mass is 15.3. The molecule has 84 valence electrons. The molecule has 0 aliphatic rings. The van der Waals surface area contributed by atoms with Crippen LogP contribution in [0.4, 0.5) is 0 Å². The maximum absolute atomic E-state index is 4.25. The van der Waals surface area contributed by atoms with E-state index in [0.717, 1.165) is 12.5 Å². The predicted octanol–water partition coefficient (Wildman–Crippen LogP) is 2.05. The van der Waals surface area contributed by atoms with E-state index in [1.807, 2.05) is 21.1 Å². The van der Waals surface area contributed by atoms with Gasteiger partial charge in [-0.3, -0.25) is 4.99 Å². The van der Waals surface area contributed by atoms with Crippen LogP contribution in [-0.2, 0) is 0 Å². The number of rotatable bonds is 5. The topological polar surface area (TPSA) is 18.8 Å². The Bertz CT molecular complexity index is 164. The van der Waals surface area contributed by atoms with Gasteiger partial charge in [-0.1, -0.05) is 26.2 Å². The van der Waals surface area contributed by atoms with Crippen molar-refractivity contribution in [2.45, 2.75) is 32.6 Å². The largest absolute Gasteiger partial charge is 0.349 e. The lowest BCUT2D eigenvalue weighted by Crippen LogP contribution is -2.38. The van der Waals surface area contributed by atoms with Crippen LogP contribution in [0.3, 0.4) is 0 Å². The molecular weight excluding hydrogens is 174 g/mol. The van der Waals surface area contributed by atoms with E-state index in [9.17, 15) is 0 Å². The molecule has 0 atom stereocenters. The van der Waals surface area contributed by atoms with Crippen molar-refractivity contribution in [3.8, 4) is 0 Å². The average molecular weight is 199 g/mol. The summed E-state index contributed by atoms with van der Waals surface area (Å²) in [5.74, 6) is 1.06. The van der Waals surface area contributed by atoms with Gasteiger partial charge in [0.25, 0.3) is 0 Å². The Morgan fingerprint density at radius 1 is 1.07 bits per heavy atom. The lowest BCUT2D eigenvalue weighted by molar-refractivity contribution is 0.408. The van der Waals surface area contributed by atoms with Crippen LogP contribution < -0.4 is 0 Å². The van der Waals surface area contributed by atoms with Gasteiger partial charge in [-0.25, -0.2) is 0 Å². The van der Waals surface area contributed by atoms with Gasteiger partial charge in [0.1, 0.15) is 0 Å². The van der Waals surface area contributed by atoms with E-state index in [1.54, 1.807) is 0 Å². The van der Waals surface area contributed by atoms with Gasteiger partial charge in [-0.15, -0.1) is 0 Å². The molecule has 0 aliphatic carbocycles. The summed E-state index contributed by atoms with van der Waals surface area (Å²) in [6, 6.07) is 0. The number of hydrogen-bond acceptors (Lipinski definition) is 1. The normalized spacial score (nSPS) is 11.6. The van der Waals surface area contributed by atoms with Gasteiger partial charge >= 0.3 is 0 Å². The highest BCUT2D eigenvalue weighted by Crippen LogP contribution is 2.01. The minimum atomic E-state index is 1.06. The first-order valence-corrected chi connectivity index (χ1v) is 5.48. The second-order valence-electron chi connectivity index (χ2n) is 3.90. The van der Waals surface area contributed by atoms with Crippen molar-refractivity contribution >= 4 is 5.96 Å². The Balaban J connectivity index is 3.76. The molecular formula is C11H25N3. The Labute approximate surface area is 88.8 Å². The zero-order chi connectivity index (χ0) is 11.0. The number of hydrogen-bond donors (Lipinski definition) is 0. The van der Waals surface area contributed by atoms with Crippen molar-refractivity contribution in [3.63, 3.8) is 0 Å². The first-order valence-electron chi connectivity index (χ1n) is 5.48. The van der Waals surface area contributed by atoms with Gasteiger partial charge in [0, 0.05) is 34.7 Å². The number of aliphatic imine (C=N–C) groups is 1. The molecule has 0 bridgehead atoms. The molecule has 0 saturated heterocycles. The third-order valence-electron chi connectivity index (χ3n) is 2.29. The number of nitrogens with zero attached hydrogens (tertiary/aromatic N) is 3. The fourth-order valence-electron chi connectivity index (χ4n) is 1.59. The van der Waals surface area contributed by atoms with E-state index >= 15 is 0 Å². The molecule has 0 heterocycles. The number of unbranched alkanes of at least 4 members (excludes halogenated alkanes) is 3. The van der Waals surface area contributed by atoms with Crippen LogP contribution in [0.1, 0.15) is 32.6 Å². The summed E-state index contributed by atoms with van der Waals surface area (Å²) in [4.78, 5) is 8.53. The van der Waals surface area contributed by atoms with Gasteiger partial charge < -0.3 is 9.80 Å². The fraction of sp³-hybridized carbons (Fsp3) is 0.909. The van der Waals surface area contributed by atoms with Crippen molar-refractivity contribution in [1.29, 1.82) is 0 Å². The summed E-state index contributed by atoms with van der Waals surface area (Å²) >= 11 is 0. The molecule has 3 heteroatoms. The van der Waals surface area contributed by atoms with Gasteiger partial charge in [0.2, 0.25) is 0 Å². The third kappa shape index (κ3) is 5.10. The van der Waals surface area contributed by atoms with E-state index in [2.05, 4.69) is 28.8 Å².